The molecule has 1 aliphatic rings. The number of hydrazine groups is 1. The zero-order valence-corrected chi connectivity index (χ0v) is 14.3. The standard InChI is InChI=1S/C17H15F4N5O2/c18-11-3-2-10(6-12(11)19)17(4-1-5-17)24-16-22-7-9(8-23-16)14(27)25-26-15(28)13(20)21/h2-3,6-8,13H,1,4-5H2,(H,25,27)(H,26,28)(H,22,23,24). The van der Waals surface area contributed by atoms with E-state index in [2.05, 4.69) is 15.3 Å². The molecule has 148 valence electrons. The average molecular weight is 397 g/mol. The molecule has 1 aliphatic carbocycles. The molecule has 0 saturated heterocycles. The van der Waals surface area contributed by atoms with Gasteiger partial charge < -0.3 is 5.32 Å². The Kier molecular flexibility index (Phi) is 5.43. The lowest BCUT2D eigenvalue weighted by atomic mass is 9.72. The number of carbonyl (C=O) groups is 2. The number of carbonyl (C=O) groups excluding carboxylic acids is 2. The van der Waals surface area contributed by atoms with Crippen molar-refractivity contribution < 1.29 is 27.2 Å². The summed E-state index contributed by atoms with van der Waals surface area (Å²) in [4.78, 5) is 30.5. The van der Waals surface area contributed by atoms with Crippen LogP contribution in [-0.4, -0.2) is 28.2 Å². The van der Waals surface area contributed by atoms with Gasteiger partial charge in [-0.15, -0.1) is 0 Å². The first-order valence-corrected chi connectivity index (χ1v) is 8.25. The lowest BCUT2D eigenvalue weighted by Crippen LogP contribution is -2.44. The van der Waals surface area contributed by atoms with E-state index in [9.17, 15) is 27.2 Å². The van der Waals surface area contributed by atoms with E-state index in [0.29, 0.717) is 18.4 Å². The monoisotopic (exact) mass is 397 g/mol. The van der Waals surface area contributed by atoms with Gasteiger partial charge in [-0.1, -0.05) is 6.07 Å². The summed E-state index contributed by atoms with van der Waals surface area (Å²) in [7, 11) is 0. The van der Waals surface area contributed by atoms with Gasteiger partial charge in [0.2, 0.25) is 5.95 Å². The zero-order chi connectivity index (χ0) is 20.3. The number of hydrogen-bond donors (Lipinski definition) is 3. The molecule has 1 fully saturated rings. The topological polar surface area (TPSA) is 96.0 Å². The molecule has 3 rings (SSSR count). The largest absolute Gasteiger partial charge is 0.345 e. The molecule has 7 nitrogen and oxygen atoms in total. The van der Waals surface area contributed by atoms with Crippen LogP contribution in [0.25, 0.3) is 0 Å². The Bertz CT molecular complexity index is 888. The van der Waals surface area contributed by atoms with Gasteiger partial charge in [-0.05, 0) is 37.0 Å². The average Bonchev–Trinajstić information content (AvgIpc) is 2.65. The molecule has 1 heterocycles. The summed E-state index contributed by atoms with van der Waals surface area (Å²) in [5.74, 6) is -4.27. The van der Waals surface area contributed by atoms with Gasteiger partial charge in [0.05, 0.1) is 11.1 Å². The number of rotatable bonds is 5. The maximum atomic E-state index is 13.6. The zero-order valence-electron chi connectivity index (χ0n) is 14.3. The number of hydrogen-bond acceptors (Lipinski definition) is 5. The molecule has 1 aromatic carbocycles. The van der Waals surface area contributed by atoms with E-state index in [1.54, 1.807) is 5.43 Å². The number of anilines is 1. The van der Waals surface area contributed by atoms with Crippen LogP contribution in [-0.2, 0) is 10.3 Å². The summed E-state index contributed by atoms with van der Waals surface area (Å²) in [5.41, 5.74) is 3.20. The second-order valence-corrected chi connectivity index (χ2v) is 6.23. The number of alkyl halides is 2. The lowest BCUT2D eigenvalue weighted by Gasteiger charge is -2.43. The first-order chi connectivity index (χ1) is 13.3. The quantitative estimate of drug-likeness (QED) is 0.531. The number of aromatic nitrogens is 2. The lowest BCUT2D eigenvalue weighted by molar-refractivity contribution is -0.132. The summed E-state index contributed by atoms with van der Waals surface area (Å²) >= 11 is 0. The van der Waals surface area contributed by atoms with E-state index < -0.39 is 35.4 Å². The predicted molar refractivity (Wildman–Crippen MR) is 89.2 cm³/mol. The molecular weight excluding hydrogens is 382 g/mol. The Labute approximate surface area is 156 Å². The Hall–Kier alpha value is -3.24. The van der Waals surface area contributed by atoms with Crippen molar-refractivity contribution in [2.75, 3.05) is 5.32 Å². The van der Waals surface area contributed by atoms with Gasteiger partial charge in [-0.25, -0.2) is 18.7 Å². The molecular formula is C17H15F4N5O2. The fraction of sp³-hybridized carbons (Fsp3) is 0.294. The van der Waals surface area contributed by atoms with Crippen molar-refractivity contribution in [1.82, 2.24) is 20.8 Å². The summed E-state index contributed by atoms with van der Waals surface area (Å²) in [6.45, 7) is 0. The molecule has 0 bridgehead atoms. The molecule has 1 aromatic heterocycles. The van der Waals surface area contributed by atoms with Crippen LogP contribution in [0.5, 0.6) is 0 Å². The van der Waals surface area contributed by atoms with Crippen molar-refractivity contribution in [1.29, 1.82) is 0 Å². The van der Waals surface area contributed by atoms with Crippen molar-refractivity contribution >= 4 is 17.8 Å². The third-order valence-electron chi connectivity index (χ3n) is 4.44. The van der Waals surface area contributed by atoms with Gasteiger partial charge in [-0.2, -0.15) is 8.78 Å². The minimum absolute atomic E-state index is 0.0735. The highest BCUT2D eigenvalue weighted by atomic mass is 19.3. The van der Waals surface area contributed by atoms with Gasteiger partial charge in [0.1, 0.15) is 0 Å². The van der Waals surface area contributed by atoms with E-state index in [0.717, 1.165) is 30.9 Å². The van der Waals surface area contributed by atoms with Gasteiger partial charge in [0, 0.05) is 12.4 Å². The third kappa shape index (κ3) is 4.02. The summed E-state index contributed by atoms with van der Waals surface area (Å²) in [6.07, 6.45) is 1.19. The van der Waals surface area contributed by atoms with Gasteiger partial charge >= 0.3 is 12.3 Å². The van der Waals surface area contributed by atoms with Gasteiger partial charge in [0.25, 0.3) is 5.91 Å². The number of nitrogens with zero attached hydrogens (tertiary/aromatic N) is 2. The molecule has 0 radical (unpaired) electrons. The van der Waals surface area contributed by atoms with Gasteiger partial charge in [0.15, 0.2) is 11.6 Å². The maximum Gasteiger partial charge on any atom is 0.317 e. The number of halogens is 4. The van der Waals surface area contributed by atoms with Crippen LogP contribution in [0.2, 0.25) is 0 Å². The van der Waals surface area contributed by atoms with Crippen molar-refractivity contribution in [2.24, 2.45) is 0 Å². The van der Waals surface area contributed by atoms with Crippen LogP contribution in [0.15, 0.2) is 30.6 Å². The molecule has 11 heteroatoms. The highest BCUT2D eigenvalue weighted by Crippen LogP contribution is 2.43. The van der Waals surface area contributed by atoms with E-state index in [1.165, 1.54) is 6.07 Å². The number of amides is 2. The van der Waals surface area contributed by atoms with E-state index >= 15 is 0 Å². The molecule has 0 aliphatic heterocycles. The molecule has 0 spiro atoms. The smallest absolute Gasteiger partial charge is 0.317 e. The number of benzene rings is 1. The Balaban J connectivity index is 1.68. The van der Waals surface area contributed by atoms with E-state index in [1.807, 2.05) is 5.43 Å². The highest BCUT2D eigenvalue weighted by Gasteiger charge is 2.39. The van der Waals surface area contributed by atoms with E-state index in [4.69, 9.17) is 0 Å². The molecule has 3 N–H and O–H groups in total. The summed E-state index contributed by atoms with van der Waals surface area (Å²) in [5, 5.41) is 3.07. The maximum absolute atomic E-state index is 13.6. The molecule has 2 aromatic rings. The van der Waals surface area contributed by atoms with E-state index in [-0.39, 0.29) is 11.5 Å². The SMILES string of the molecule is O=C(NNC(=O)C(F)F)c1cnc(NC2(c3ccc(F)c(F)c3)CCC2)nc1. The fourth-order valence-electron chi connectivity index (χ4n) is 2.78. The Morgan fingerprint density at radius 2 is 1.71 bits per heavy atom. The minimum atomic E-state index is -3.27. The number of nitrogens with one attached hydrogen (secondary N) is 3. The Morgan fingerprint density at radius 1 is 1.04 bits per heavy atom. The van der Waals surface area contributed by atoms with Crippen molar-refractivity contribution in [2.45, 2.75) is 31.2 Å². The molecule has 2 amide bonds. The highest BCUT2D eigenvalue weighted by molar-refractivity contribution is 5.95. The molecule has 0 atom stereocenters. The second-order valence-electron chi connectivity index (χ2n) is 6.23. The third-order valence-corrected chi connectivity index (χ3v) is 4.44. The van der Waals surface area contributed by atoms with Crippen LogP contribution in [0.4, 0.5) is 23.5 Å². The van der Waals surface area contributed by atoms with Crippen molar-refractivity contribution in [3.8, 4) is 0 Å². The van der Waals surface area contributed by atoms with Crippen LogP contribution < -0.4 is 16.2 Å². The van der Waals surface area contributed by atoms with Crippen molar-refractivity contribution in [3.05, 3.63) is 53.4 Å². The molecule has 0 unspecified atom stereocenters. The first kappa shape index (κ1) is 19.5. The van der Waals surface area contributed by atoms with Crippen LogP contribution in [0, 0.1) is 11.6 Å². The minimum Gasteiger partial charge on any atom is -0.345 e. The summed E-state index contributed by atoms with van der Waals surface area (Å²) in [6, 6.07) is 3.65. The van der Waals surface area contributed by atoms with Crippen molar-refractivity contribution in [3.63, 3.8) is 0 Å². The van der Waals surface area contributed by atoms with Crippen LogP contribution in [0.3, 0.4) is 0 Å². The normalized spacial score (nSPS) is 14.9. The summed E-state index contributed by atoms with van der Waals surface area (Å²) < 4.78 is 50.9. The van der Waals surface area contributed by atoms with Crippen LogP contribution in [0.1, 0.15) is 35.2 Å². The molecule has 28 heavy (non-hydrogen) atoms. The predicted octanol–water partition coefficient (Wildman–Crippen LogP) is 2.27. The first-order valence-electron chi connectivity index (χ1n) is 8.25. The van der Waals surface area contributed by atoms with Gasteiger partial charge in [-0.3, -0.25) is 20.4 Å². The second kappa shape index (κ2) is 7.79. The molecule has 1 saturated carbocycles. The Morgan fingerprint density at radius 3 is 2.25 bits per heavy atom. The fourth-order valence-corrected chi connectivity index (χ4v) is 2.78. The van der Waals surface area contributed by atoms with Crippen LogP contribution >= 0.6 is 0 Å².